The maximum atomic E-state index is 13.1. The van der Waals surface area contributed by atoms with E-state index in [1.807, 2.05) is 13.8 Å². The van der Waals surface area contributed by atoms with Crippen molar-refractivity contribution >= 4 is 53.7 Å². The maximum Gasteiger partial charge on any atom is 0.348 e. The number of rotatable bonds is 15. The van der Waals surface area contributed by atoms with Crippen LogP contribution in [0.5, 0.6) is 0 Å². The summed E-state index contributed by atoms with van der Waals surface area (Å²) >= 11 is 0. The fourth-order valence-electron chi connectivity index (χ4n) is 9.38. The number of cyclic esters (lactones) is 2. The van der Waals surface area contributed by atoms with Crippen LogP contribution < -0.4 is 15.3 Å². The molecule has 0 N–H and O–H groups in total. The molecular formula is C57H55O24-3. The lowest BCUT2D eigenvalue weighted by Crippen LogP contribution is -2.56. The first-order valence-corrected chi connectivity index (χ1v) is 26.0. The summed E-state index contributed by atoms with van der Waals surface area (Å²) in [4.78, 5) is 116. The van der Waals surface area contributed by atoms with E-state index in [0.717, 1.165) is 49.3 Å². The zero-order valence-corrected chi connectivity index (χ0v) is 44.4. The molecule has 8 aliphatic rings. The quantitative estimate of drug-likeness (QED) is 0.0743. The lowest BCUT2D eigenvalue weighted by atomic mass is 9.87. The molecule has 2 unspecified atom stereocenters. The second kappa shape index (κ2) is 23.3. The van der Waals surface area contributed by atoms with Crippen molar-refractivity contribution in [3.8, 4) is 0 Å². The van der Waals surface area contributed by atoms with Gasteiger partial charge in [0.05, 0.1) is 34.6 Å². The van der Waals surface area contributed by atoms with Crippen LogP contribution >= 0.6 is 0 Å². The summed E-state index contributed by atoms with van der Waals surface area (Å²) in [7, 11) is 0. The van der Waals surface area contributed by atoms with E-state index in [-0.39, 0.29) is 62.5 Å². The van der Waals surface area contributed by atoms with Crippen LogP contribution in [-0.4, -0.2) is 88.4 Å². The van der Waals surface area contributed by atoms with E-state index in [1.165, 1.54) is 68.5 Å². The van der Waals surface area contributed by atoms with Gasteiger partial charge in [-0.15, -0.1) is 0 Å². The van der Waals surface area contributed by atoms with Gasteiger partial charge in [0.15, 0.2) is 17.4 Å². The van der Waals surface area contributed by atoms with E-state index in [9.17, 15) is 58.5 Å². The van der Waals surface area contributed by atoms with Gasteiger partial charge in [0.25, 0.3) is 17.4 Å². The van der Waals surface area contributed by atoms with Crippen molar-refractivity contribution in [2.24, 2.45) is 0 Å². The first-order chi connectivity index (χ1) is 38.5. The Hall–Kier alpha value is -9.09. The SMILES string of the molecule is CCCCC1(C)OC(=O)C(/C=C/C=C/C=C2C(=O)OC3(CCC4(CC3)OC(=O)C(=C/C=C/C=C/C3=C([O-])OC5(CCC6(CC5)OC(=O)C(=C/C=C/C=C/C5=C([O-])OC(C)(CCCC)OC5=O)C(=O)O6)OC3=O)C(=O)O4)OC2=O)=C([O-])O1. The predicted molar refractivity (Wildman–Crippen MR) is 262 cm³/mol. The Morgan fingerprint density at radius 1 is 0.333 bits per heavy atom. The van der Waals surface area contributed by atoms with Crippen molar-refractivity contribution in [3.05, 3.63) is 142 Å². The lowest BCUT2D eigenvalue weighted by Gasteiger charge is -2.50. The number of hydrogen-bond acceptors (Lipinski definition) is 24. The highest BCUT2D eigenvalue weighted by Crippen LogP contribution is 2.47. The van der Waals surface area contributed by atoms with Gasteiger partial charge in [-0.05, 0) is 76.0 Å². The summed E-state index contributed by atoms with van der Waals surface area (Å²) in [6, 6.07) is 0. The van der Waals surface area contributed by atoms with Crippen molar-refractivity contribution in [1.29, 1.82) is 0 Å². The molecule has 0 aromatic carbocycles. The van der Waals surface area contributed by atoms with Gasteiger partial charge >= 0.3 is 53.7 Å². The molecular weight excluding hydrogens is 1070 g/mol. The van der Waals surface area contributed by atoms with Crippen LogP contribution in [0.3, 0.4) is 0 Å². The van der Waals surface area contributed by atoms with Crippen LogP contribution in [0.1, 0.15) is 118 Å². The molecule has 8 rings (SSSR count). The number of carbonyl (C=O) groups is 9. The number of hydrogen-bond donors (Lipinski definition) is 0. The van der Waals surface area contributed by atoms with Gasteiger partial charge in [-0.25, -0.2) is 43.2 Å². The lowest BCUT2D eigenvalue weighted by molar-refractivity contribution is -0.406. The van der Waals surface area contributed by atoms with Crippen LogP contribution in [0.4, 0.5) is 0 Å². The van der Waals surface area contributed by atoms with Gasteiger partial charge in [-0.2, -0.15) is 0 Å². The molecule has 430 valence electrons. The second-order valence-electron chi connectivity index (χ2n) is 20.0. The molecule has 4 spiro atoms. The summed E-state index contributed by atoms with van der Waals surface area (Å²) in [6.45, 7) is 6.88. The minimum atomic E-state index is -1.76. The molecule has 0 aromatic rings. The molecule has 6 aliphatic heterocycles. The Labute approximate surface area is 462 Å². The van der Waals surface area contributed by atoms with Gasteiger partial charge < -0.3 is 72.2 Å². The summed E-state index contributed by atoms with van der Waals surface area (Å²) in [5.41, 5.74) is -2.62. The molecule has 3 saturated heterocycles. The molecule has 2 aliphatic carbocycles. The fourth-order valence-corrected chi connectivity index (χ4v) is 9.38. The highest BCUT2D eigenvalue weighted by Gasteiger charge is 2.57. The molecule has 81 heavy (non-hydrogen) atoms. The van der Waals surface area contributed by atoms with Crippen molar-refractivity contribution in [3.63, 3.8) is 0 Å². The zero-order chi connectivity index (χ0) is 58.4. The average molecular weight is 1120 g/mol. The first-order valence-electron chi connectivity index (χ1n) is 26.0. The third-order valence-corrected chi connectivity index (χ3v) is 13.9. The predicted octanol–water partition coefficient (Wildman–Crippen LogP) is 3.58. The largest absolute Gasteiger partial charge is 0.574 e. The monoisotopic (exact) mass is 1120 g/mol. The molecule has 2 saturated carbocycles. The summed E-state index contributed by atoms with van der Waals surface area (Å²) in [5.74, 6) is -21.4. The van der Waals surface area contributed by atoms with E-state index >= 15 is 0 Å². The third-order valence-electron chi connectivity index (χ3n) is 13.9. The highest BCUT2D eigenvalue weighted by molar-refractivity contribution is 6.17. The van der Waals surface area contributed by atoms with Crippen LogP contribution in [0.2, 0.25) is 0 Å². The Balaban J connectivity index is 0.780. The number of esters is 9. The van der Waals surface area contributed by atoms with Gasteiger partial charge in [-0.3, -0.25) is 0 Å². The molecule has 2 atom stereocenters. The Kier molecular flexibility index (Phi) is 16.7. The highest BCUT2D eigenvalue weighted by atomic mass is 16.8. The number of ether oxygens (including phenoxy) is 12. The average Bonchev–Trinajstić information content (AvgIpc) is 3.38. The Bertz CT molecular complexity index is 2990. The molecule has 0 aromatic heterocycles. The second-order valence-corrected chi connectivity index (χ2v) is 20.0. The topological polar surface area (TPSA) is 334 Å². The van der Waals surface area contributed by atoms with Gasteiger partial charge in [0.1, 0.15) is 16.7 Å². The zero-order valence-electron chi connectivity index (χ0n) is 44.4. The first kappa shape index (κ1) is 58.1. The fraction of sp³-hybridized carbons (Fsp3) is 0.421. The van der Waals surface area contributed by atoms with Crippen molar-refractivity contribution < 1.29 is 115 Å². The van der Waals surface area contributed by atoms with Gasteiger partial charge in [0.2, 0.25) is 0 Å². The minimum absolute atomic E-state index is 0.205. The minimum Gasteiger partial charge on any atom is -0.574 e. The normalized spacial score (nSPS) is 31.0. The molecule has 0 amide bonds. The maximum absolute atomic E-state index is 13.1. The molecule has 0 radical (unpaired) electrons. The van der Waals surface area contributed by atoms with Gasteiger partial charge in [0, 0.05) is 51.4 Å². The van der Waals surface area contributed by atoms with E-state index in [1.54, 1.807) is 0 Å². The van der Waals surface area contributed by atoms with E-state index in [4.69, 9.17) is 56.8 Å². The summed E-state index contributed by atoms with van der Waals surface area (Å²) < 4.78 is 65.4. The summed E-state index contributed by atoms with van der Waals surface area (Å²) in [5, 5.41) is 38.0. The van der Waals surface area contributed by atoms with E-state index < -0.39 is 129 Å². The van der Waals surface area contributed by atoms with Crippen molar-refractivity contribution in [2.45, 2.75) is 152 Å². The standard InChI is InChI=1S/C57H58O24/c1-5-7-24-52(3)70-40(58)34(41(59)71-52)18-12-9-14-20-36-44(62)74-54(75-45(36)63)26-30-56(31-27-54)78-48(66)38(49(67)79-56)22-16-11-17-23-39-50(68)80-57(81-51(39)69)32-28-55(29-33-57)76-46(64)37(47(65)77-55)21-15-10-13-19-35-42(60)72-53(4,25-8-6-2)73-43(35)61/h9-23,58,60,66H,5-8,24-33H2,1-4H3/p-3/b14-9+,15-10+,17-11+,18-12+,19-13+,22-16+,36-20?,37-21?,39-23?. The van der Waals surface area contributed by atoms with Crippen molar-refractivity contribution in [1.82, 2.24) is 0 Å². The molecule has 24 nitrogen and oxygen atoms in total. The van der Waals surface area contributed by atoms with E-state index in [2.05, 4.69) is 0 Å². The molecule has 5 fully saturated rings. The Morgan fingerprint density at radius 2 is 0.580 bits per heavy atom. The van der Waals surface area contributed by atoms with Crippen LogP contribution in [-0.2, 0) is 100.0 Å². The smallest absolute Gasteiger partial charge is 0.348 e. The van der Waals surface area contributed by atoms with Crippen molar-refractivity contribution in [2.75, 3.05) is 0 Å². The molecule has 24 heteroatoms. The van der Waals surface area contributed by atoms with E-state index in [0.29, 0.717) is 25.7 Å². The number of unbranched alkanes of at least 4 members (excludes halogenated alkanes) is 2. The Morgan fingerprint density at radius 3 is 0.840 bits per heavy atom. The van der Waals surface area contributed by atoms with Crippen LogP contribution in [0, 0.1) is 0 Å². The third kappa shape index (κ3) is 13.0. The van der Waals surface area contributed by atoms with Crippen LogP contribution in [0.15, 0.2) is 142 Å². The number of allylic oxidation sites excluding steroid dienone is 12. The van der Waals surface area contributed by atoms with Gasteiger partial charge in [-0.1, -0.05) is 81.4 Å². The molecule has 0 bridgehead atoms. The number of carbonyl (C=O) groups excluding carboxylic acids is 9. The summed E-state index contributed by atoms with van der Waals surface area (Å²) in [6.07, 6.45) is 20.2. The molecule has 6 heterocycles. The van der Waals surface area contributed by atoms with Crippen LogP contribution in [0.25, 0.3) is 0 Å².